The fourth-order valence-electron chi connectivity index (χ4n) is 0. The number of halogens is 2. The molecule has 0 N–H and O–H groups in total. The molecule has 0 aliphatic heterocycles. The van der Waals surface area contributed by atoms with Gasteiger partial charge in [0.25, 0.3) is 0 Å². The maximum absolute atomic E-state index is 4.83. The van der Waals surface area contributed by atoms with Gasteiger partial charge in [-0.3, -0.25) is 0 Å². The molecule has 0 aliphatic rings. The van der Waals surface area contributed by atoms with E-state index in [2.05, 4.69) is 27.7 Å². The summed E-state index contributed by atoms with van der Waals surface area (Å²) < 4.78 is 4.83. The zero-order valence-corrected chi connectivity index (χ0v) is 8.26. The van der Waals surface area contributed by atoms with E-state index in [4.69, 9.17) is 3.76 Å². The van der Waals surface area contributed by atoms with E-state index >= 15 is 0 Å². The van der Waals surface area contributed by atoms with Crippen LogP contribution in [0.15, 0.2) is 0 Å². The van der Waals surface area contributed by atoms with Gasteiger partial charge in [0, 0.05) is 0 Å². The van der Waals surface area contributed by atoms with Crippen molar-refractivity contribution >= 4 is 60.4 Å². The van der Waals surface area contributed by atoms with Crippen molar-refractivity contribution in [2.45, 2.75) is 0 Å². The molecular weight excluding hydrogens is 216 g/mol. The van der Waals surface area contributed by atoms with Crippen molar-refractivity contribution < 1.29 is 18.2 Å². The molecule has 25 valence electrons. The summed E-state index contributed by atoms with van der Waals surface area (Å²) in [5.74, 6) is 0. The summed E-state index contributed by atoms with van der Waals surface area (Å²) in [5.41, 5.74) is 0. The first-order chi connectivity index (χ1) is 2.00. The number of hydrogen-bond acceptors (Lipinski definition) is 0. The molecule has 4 heavy (non-hydrogen) atoms. The van der Waals surface area contributed by atoms with E-state index in [1.165, 1.54) is 0 Å². The van der Waals surface area contributed by atoms with Gasteiger partial charge in [-0.2, -0.15) is 0 Å². The van der Waals surface area contributed by atoms with Gasteiger partial charge in [0.1, 0.15) is 0 Å². The molecule has 0 radical (unpaired) electrons. The van der Waals surface area contributed by atoms with Crippen LogP contribution in [0.5, 0.6) is 0 Å². The summed E-state index contributed by atoms with van der Waals surface area (Å²) in [6, 6.07) is 0. The second kappa shape index (κ2) is 16.9. The molecule has 0 amide bonds. The van der Waals surface area contributed by atoms with Gasteiger partial charge in [-0.05, 0) is 0 Å². The normalized spacial score (nSPS) is 3.50. The minimum absolute atomic E-state index is 0.535. The Hall–Kier alpha value is 2.88. The van der Waals surface area contributed by atoms with Gasteiger partial charge in [0.05, 0.1) is 0 Å². The molecule has 0 spiro atoms. The van der Waals surface area contributed by atoms with Crippen molar-refractivity contribution in [1.82, 2.24) is 0 Å². The van der Waals surface area contributed by atoms with Crippen LogP contribution in [0.4, 0.5) is 0 Å². The second-order valence-corrected chi connectivity index (χ2v) is 0. The Balaban J connectivity index is 0. The Kier molecular flexibility index (Phi) is 42.2. The predicted octanol–water partition coefficient (Wildman–Crippen LogP) is 0.996. The molecule has 0 bridgehead atoms. The van der Waals surface area contributed by atoms with Crippen LogP contribution in [-0.4, -0.2) is 47.1 Å². The Morgan fingerprint density at radius 1 is 1.25 bits per heavy atom. The fourth-order valence-corrected chi connectivity index (χ4v) is 0. The van der Waals surface area contributed by atoms with Crippen molar-refractivity contribution in [3.05, 3.63) is 0 Å². The van der Waals surface area contributed by atoms with E-state index in [1.807, 2.05) is 0 Å². The van der Waals surface area contributed by atoms with E-state index in [0.717, 1.165) is 0 Å². The molecular formula is Cl2KPd. The van der Waals surface area contributed by atoms with E-state index < -0.39 is 0 Å². The van der Waals surface area contributed by atoms with E-state index in [1.54, 1.807) is 0 Å². The van der Waals surface area contributed by atoms with Crippen LogP contribution < -0.4 is 0 Å². The maximum atomic E-state index is 4.83. The molecule has 0 fully saturated rings. The van der Waals surface area contributed by atoms with Crippen LogP contribution >= 0.6 is 13.3 Å². The second-order valence-electron chi connectivity index (χ2n) is 0. The summed E-state index contributed by atoms with van der Waals surface area (Å²) in [5, 5.41) is 0. The van der Waals surface area contributed by atoms with Gasteiger partial charge in [0.2, 0.25) is 0 Å². The molecule has 0 nitrogen and oxygen atoms in total. The summed E-state index contributed by atoms with van der Waals surface area (Å²) in [4.78, 5) is 0. The van der Waals surface area contributed by atoms with Crippen LogP contribution in [0.1, 0.15) is 0 Å². The van der Waals surface area contributed by atoms with Gasteiger partial charge in [-0.1, -0.05) is 0 Å². The summed E-state index contributed by atoms with van der Waals surface area (Å²) in [6.45, 7) is 0. The molecule has 0 aromatic rings. The van der Waals surface area contributed by atoms with Crippen LogP contribution in [0.3, 0.4) is 0 Å². The SMILES string of the molecule is [Cl][K].[Cl][Pd]. The Morgan fingerprint density at radius 3 is 1.25 bits per heavy atom. The average Bonchev–Trinajstić information content (AvgIpc) is 1.50. The molecule has 0 unspecified atom stereocenters. The fraction of sp³-hybridized carbons (Fsp3) is 0. The first-order valence-electron chi connectivity index (χ1n) is 0.497. The van der Waals surface area contributed by atoms with Crippen LogP contribution in [0.2, 0.25) is 0 Å². The third-order valence-electron chi connectivity index (χ3n) is 0. The molecule has 0 rings (SSSR count). The third-order valence-corrected chi connectivity index (χ3v) is 0. The van der Waals surface area contributed by atoms with Gasteiger partial charge >= 0.3 is 78.6 Å². The zero-order valence-electron chi connectivity index (χ0n) is 2.07. The molecule has 0 saturated carbocycles. The van der Waals surface area contributed by atoms with Crippen LogP contribution in [0.25, 0.3) is 0 Å². The van der Waals surface area contributed by atoms with Crippen molar-refractivity contribution in [1.29, 1.82) is 0 Å². The van der Waals surface area contributed by atoms with Gasteiger partial charge in [0.15, 0.2) is 0 Å². The first kappa shape index (κ1) is 9.99. The van der Waals surface area contributed by atoms with Crippen LogP contribution in [0, 0.1) is 0 Å². The molecule has 0 atom stereocenters. The van der Waals surface area contributed by atoms with E-state index in [0.29, 0.717) is 47.1 Å². The summed E-state index contributed by atoms with van der Waals surface area (Å²) >= 11 is 2.76. The molecule has 0 heterocycles. The van der Waals surface area contributed by atoms with Gasteiger partial charge in [-0.15, -0.1) is 0 Å². The number of hydrogen-bond donors (Lipinski definition) is 0. The Bertz CT molecular complexity index is 6.00. The average molecular weight is 216 g/mol. The standard InChI is InChI=1S/2ClH.K.Pd/h2*1H;;/q;;2*+1/p-2. The first-order valence-corrected chi connectivity index (χ1v) is 6.80. The van der Waals surface area contributed by atoms with E-state index in [9.17, 15) is 0 Å². The quantitative estimate of drug-likeness (QED) is 0.530. The molecule has 0 saturated heterocycles. The Morgan fingerprint density at radius 2 is 1.25 bits per heavy atom. The monoisotopic (exact) mass is 215 g/mol. The van der Waals surface area contributed by atoms with Crippen molar-refractivity contribution in [2.75, 3.05) is 0 Å². The van der Waals surface area contributed by atoms with E-state index in [-0.39, 0.29) is 0 Å². The third kappa shape index (κ3) is 8.86. The van der Waals surface area contributed by atoms with Crippen molar-refractivity contribution in [2.24, 2.45) is 0 Å². The molecule has 0 aromatic carbocycles. The molecule has 4 heteroatoms. The zero-order chi connectivity index (χ0) is 4.00. The minimum atomic E-state index is 0.535. The topological polar surface area (TPSA) is 0 Å². The van der Waals surface area contributed by atoms with Crippen molar-refractivity contribution in [3.8, 4) is 0 Å². The summed E-state index contributed by atoms with van der Waals surface area (Å²) in [7, 11) is 4.49. The molecule has 0 aromatic heterocycles. The number of rotatable bonds is 0. The van der Waals surface area contributed by atoms with Gasteiger partial charge in [-0.25, -0.2) is 0 Å². The van der Waals surface area contributed by atoms with Crippen LogP contribution in [-0.2, 0) is 18.2 Å². The van der Waals surface area contributed by atoms with Gasteiger partial charge < -0.3 is 0 Å². The van der Waals surface area contributed by atoms with Crippen molar-refractivity contribution in [3.63, 3.8) is 0 Å². The summed E-state index contributed by atoms with van der Waals surface area (Å²) in [6.07, 6.45) is 0. The predicted molar refractivity (Wildman–Crippen MR) is 17.5 cm³/mol. The molecule has 0 aliphatic carbocycles. The Labute approximate surface area is 76.4 Å².